The van der Waals surface area contributed by atoms with Gasteiger partial charge >= 0.3 is 0 Å². The monoisotopic (exact) mass is 217 g/mol. The highest BCUT2D eigenvalue weighted by molar-refractivity contribution is 5.72. The lowest BCUT2D eigenvalue weighted by Crippen LogP contribution is -2.14. The van der Waals surface area contributed by atoms with Gasteiger partial charge in [-0.1, -0.05) is 6.92 Å². The molecule has 0 atom stereocenters. The first-order valence-electron chi connectivity index (χ1n) is 5.18. The van der Waals surface area contributed by atoms with E-state index in [9.17, 15) is 0 Å². The first kappa shape index (κ1) is 10.5. The van der Waals surface area contributed by atoms with Crippen molar-refractivity contribution in [2.75, 3.05) is 11.6 Å². The van der Waals surface area contributed by atoms with Gasteiger partial charge in [0.15, 0.2) is 5.82 Å². The maximum Gasteiger partial charge on any atom is 0.150 e. The molecule has 84 valence electrons. The van der Waals surface area contributed by atoms with Crippen molar-refractivity contribution in [3.05, 3.63) is 29.8 Å². The van der Waals surface area contributed by atoms with E-state index in [2.05, 4.69) is 9.97 Å². The highest BCUT2D eigenvalue weighted by Crippen LogP contribution is 2.26. The summed E-state index contributed by atoms with van der Waals surface area (Å²) in [6.07, 6.45) is 4.25. The van der Waals surface area contributed by atoms with Crippen molar-refractivity contribution in [3.63, 3.8) is 0 Å². The Morgan fingerprint density at radius 1 is 1.44 bits per heavy atom. The van der Waals surface area contributed by atoms with Gasteiger partial charge in [0.25, 0.3) is 0 Å². The predicted molar refractivity (Wildman–Crippen MR) is 64.1 cm³/mol. The number of hydrogen-bond donors (Lipinski definition) is 2. The molecule has 0 bridgehead atoms. The molecule has 0 amide bonds. The van der Waals surface area contributed by atoms with Gasteiger partial charge in [-0.2, -0.15) is 0 Å². The molecule has 5 nitrogen and oxygen atoms in total. The van der Waals surface area contributed by atoms with Gasteiger partial charge in [0.05, 0.1) is 0 Å². The van der Waals surface area contributed by atoms with Crippen molar-refractivity contribution in [1.29, 1.82) is 0 Å². The summed E-state index contributed by atoms with van der Waals surface area (Å²) >= 11 is 0. The quantitative estimate of drug-likeness (QED) is 0.738. The normalized spacial score (nSPS) is 10.6. The van der Waals surface area contributed by atoms with Gasteiger partial charge in [-0.15, -0.1) is 0 Å². The molecule has 0 aromatic carbocycles. The number of nitrogens with two attached hydrogens (primary N) is 2. The molecule has 0 fully saturated rings. The molecule has 0 saturated heterocycles. The van der Waals surface area contributed by atoms with Gasteiger partial charge in [0.1, 0.15) is 11.5 Å². The van der Waals surface area contributed by atoms with E-state index in [1.807, 2.05) is 19.9 Å². The highest BCUT2D eigenvalue weighted by atomic mass is 15.4. The number of nitrogen functional groups attached to an aromatic ring is 2. The lowest BCUT2D eigenvalue weighted by atomic mass is 10.1. The van der Waals surface area contributed by atoms with Gasteiger partial charge in [-0.3, -0.25) is 4.98 Å². The molecule has 2 aromatic heterocycles. The molecule has 0 saturated carbocycles. The Bertz CT molecular complexity index is 515. The lowest BCUT2D eigenvalue weighted by molar-refractivity contribution is 0.865. The molecule has 0 aliphatic carbocycles. The maximum atomic E-state index is 5.93. The van der Waals surface area contributed by atoms with E-state index in [4.69, 9.17) is 11.6 Å². The Morgan fingerprint density at radius 3 is 2.75 bits per heavy atom. The second-order valence-corrected chi connectivity index (χ2v) is 3.68. The van der Waals surface area contributed by atoms with E-state index < -0.39 is 0 Å². The minimum absolute atomic E-state index is 0.480. The van der Waals surface area contributed by atoms with E-state index in [1.54, 1.807) is 12.4 Å². The minimum Gasteiger partial charge on any atom is -0.382 e. The van der Waals surface area contributed by atoms with Crippen LogP contribution in [0.15, 0.2) is 18.5 Å². The summed E-state index contributed by atoms with van der Waals surface area (Å²) in [7, 11) is 0. The van der Waals surface area contributed by atoms with Crippen LogP contribution in [0.5, 0.6) is 0 Å². The Morgan fingerprint density at radius 2 is 2.19 bits per heavy atom. The van der Waals surface area contributed by atoms with E-state index >= 15 is 0 Å². The van der Waals surface area contributed by atoms with Crippen LogP contribution in [0.3, 0.4) is 0 Å². The molecule has 2 aromatic rings. The minimum atomic E-state index is 0.480. The Labute approximate surface area is 94.1 Å². The highest BCUT2D eigenvalue weighted by Gasteiger charge is 2.14. The van der Waals surface area contributed by atoms with Crippen LogP contribution in [-0.2, 0) is 6.42 Å². The number of rotatable bonds is 2. The topological polar surface area (TPSA) is 82.8 Å². The third kappa shape index (κ3) is 1.50. The fourth-order valence-corrected chi connectivity index (χ4v) is 1.65. The molecule has 2 rings (SSSR count). The Hall–Kier alpha value is -2.04. The maximum absolute atomic E-state index is 5.93. The molecule has 16 heavy (non-hydrogen) atoms. The number of imidazole rings is 1. The van der Waals surface area contributed by atoms with Crippen LogP contribution in [-0.4, -0.2) is 14.6 Å². The van der Waals surface area contributed by atoms with Crippen molar-refractivity contribution >= 4 is 5.82 Å². The molecule has 0 unspecified atom stereocenters. The van der Waals surface area contributed by atoms with E-state index in [0.29, 0.717) is 11.5 Å². The molecular weight excluding hydrogens is 202 g/mol. The lowest BCUT2D eigenvalue weighted by Gasteiger charge is -2.02. The smallest absolute Gasteiger partial charge is 0.150 e. The Balaban J connectivity index is 2.61. The standard InChI is InChI=1S/C11H15N5/c1-3-9-15-10(11(12)16(9)13)8-6-14-5-4-7(8)2/h4-6H,3,12-13H2,1-2H3. The van der Waals surface area contributed by atoms with E-state index in [0.717, 1.165) is 23.4 Å². The van der Waals surface area contributed by atoms with Gasteiger partial charge in [-0.05, 0) is 18.6 Å². The van der Waals surface area contributed by atoms with Crippen LogP contribution in [0, 0.1) is 6.92 Å². The van der Waals surface area contributed by atoms with Crippen LogP contribution >= 0.6 is 0 Å². The number of aryl methyl sites for hydroxylation is 2. The van der Waals surface area contributed by atoms with Crippen LogP contribution in [0.25, 0.3) is 11.3 Å². The largest absolute Gasteiger partial charge is 0.382 e. The summed E-state index contributed by atoms with van der Waals surface area (Å²) < 4.78 is 1.43. The van der Waals surface area contributed by atoms with Crippen LogP contribution < -0.4 is 11.6 Å². The third-order valence-electron chi connectivity index (χ3n) is 2.63. The summed E-state index contributed by atoms with van der Waals surface area (Å²) in [6, 6.07) is 1.93. The van der Waals surface area contributed by atoms with Gasteiger partial charge in [0, 0.05) is 24.4 Å². The van der Waals surface area contributed by atoms with Crippen molar-refractivity contribution in [3.8, 4) is 11.3 Å². The summed E-state index contributed by atoms with van der Waals surface area (Å²) in [4.78, 5) is 8.51. The zero-order chi connectivity index (χ0) is 11.7. The SMILES string of the molecule is CCc1nc(-c2cnccc2C)c(N)n1N. The molecular formula is C11H15N5. The molecule has 0 spiro atoms. The molecule has 4 N–H and O–H groups in total. The zero-order valence-electron chi connectivity index (χ0n) is 9.44. The van der Waals surface area contributed by atoms with E-state index in [1.165, 1.54) is 4.68 Å². The number of hydrogen-bond acceptors (Lipinski definition) is 4. The fraction of sp³-hybridized carbons (Fsp3) is 0.273. The van der Waals surface area contributed by atoms with Crippen molar-refractivity contribution in [1.82, 2.24) is 14.6 Å². The van der Waals surface area contributed by atoms with Gasteiger partial charge in [-0.25, -0.2) is 9.66 Å². The molecule has 2 heterocycles. The average molecular weight is 217 g/mol. The van der Waals surface area contributed by atoms with Crippen molar-refractivity contribution in [2.24, 2.45) is 0 Å². The third-order valence-corrected chi connectivity index (χ3v) is 2.63. The summed E-state index contributed by atoms with van der Waals surface area (Å²) in [5, 5.41) is 0. The van der Waals surface area contributed by atoms with Crippen LogP contribution in [0.2, 0.25) is 0 Å². The van der Waals surface area contributed by atoms with E-state index in [-0.39, 0.29) is 0 Å². The number of aromatic nitrogens is 3. The second-order valence-electron chi connectivity index (χ2n) is 3.68. The second kappa shape index (κ2) is 3.84. The average Bonchev–Trinajstić information content (AvgIpc) is 2.57. The molecule has 0 aliphatic heterocycles. The van der Waals surface area contributed by atoms with Crippen molar-refractivity contribution in [2.45, 2.75) is 20.3 Å². The number of pyridine rings is 1. The molecule has 0 radical (unpaired) electrons. The first-order chi connectivity index (χ1) is 7.65. The van der Waals surface area contributed by atoms with Gasteiger partial charge < -0.3 is 11.6 Å². The van der Waals surface area contributed by atoms with Crippen LogP contribution in [0.4, 0.5) is 5.82 Å². The summed E-state index contributed by atoms with van der Waals surface area (Å²) in [6.45, 7) is 3.99. The number of anilines is 1. The Kier molecular flexibility index (Phi) is 2.52. The molecule has 0 aliphatic rings. The summed E-state index contributed by atoms with van der Waals surface area (Å²) in [5.41, 5.74) is 8.66. The van der Waals surface area contributed by atoms with Crippen molar-refractivity contribution < 1.29 is 0 Å². The zero-order valence-corrected chi connectivity index (χ0v) is 9.44. The van der Waals surface area contributed by atoms with Crippen LogP contribution in [0.1, 0.15) is 18.3 Å². The fourth-order valence-electron chi connectivity index (χ4n) is 1.65. The first-order valence-corrected chi connectivity index (χ1v) is 5.18. The summed E-state index contributed by atoms with van der Waals surface area (Å²) in [5.74, 6) is 7.06. The molecule has 5 heteroatoms. The predicted octanol–water partition coefficient (Wildman–Crippen LogP) is 1.11. The van der Waals surface area contributed by atoms with Gasteiger partial charge in [0.2, 0.25) is 0 Å². The number of nitrogens with zero attached hydrogens (tertiary/aromatic N) is 3.